The van der Waals surface area contributed by atoms with Crippen LogP contribution in [0.25, 0.3) is 0 Å². The molecule has 6 heteroatoms. The highest BCUT2D eigenvalue weighted by Gasteiger charge is 2.09. The zero-order chi connectivity index (χ0) is 19.9. The molecule has 1 heterocycles. The van der Waals surface area contributed by atoms with Crippen molar-refractivity contribution in [1.29, 1.82) is 0 Å². The second-order valence-corrected chi connectivity index (χ2v) is 6.83. The van der Waals surface area contributed by atoms with E-state index in [1.165, 1.54) is 5.56 Å². The molecule has 0 unspecified atom stereocenters. The Morgan fingerprint density at radius 3 is 2.36 bits per heavy atom. The predicted molar refractivity (Wildman–Crippen MR) is 108 cm³/mol. The minimum Gasteiger partial charge on any atom is -0.349 e. The third-order valence-electron chi connectivity index (χ3n) is 4.38. The smallest absolute Gasteiger partial charge is 0.251 e. The van der Waals surface area contributed by atoms with Crippen LogP contribution in [-0.2, 0) is 24.3 Å². The van der Waals surface area contributed by atoms with E-state index in [2.05, 4.69) is 22.5 Å². The third kappa shape index (κ3) is 5.30. The first kappa shape index (κ1) is 19.4. The lowest BCUT2D eigenvalue weighted by atomic mass is 10.1. The number of rotatable bonds is 7. The fourth-order valence-corrected chi connectivity index (χ4v) is 2.74. The normalized spacial score (nSPS) is 10.5. The summed E-state index contributed by atoms with van der Waals surface area (Å²) in [5.74, 6) is -0.133. The Kier molecular flexibility index (Phi) is 6.22. The number of nitrogens with zero attached hydrogens (tertiary/aromatic N) is 3. The topological polar surface area (TPSA) is 67.2 Å². The molecule has 0 saturated carbocycles. The number of nitrogens with one attached hydrogen (secondary N) is 1. The number of hydrogen-bond donors (Lipinski definition) is 1. The van der Waals surface area contributed by atoms with Crippen molar-refractivity contribution in [2.75, 3.05) is 14.1 Å². The average Bonchev–Trinajstić information content (AvgIpc) is 3.14. The van der Waals surface area contributed by atoms with E-state index in [4.69, 9.17) is 0 Å². The van der Waals surface area contributed by atoms with Crippen LogP contribution in [0.15, 0.2) is 66.9 Å². The Bertz CT molecular complexity index is 931. The zero-order valence-corrected chi connectivity index (χ0v) is 16.1. The summed E-state index contributed by atoms with van der Waals surface area (Å²) in [6.45, 7) is 1.06. The summed E-state index contributed by atoms with van der Waals surface area (Å²) in [5, 5.41) is 7.38. The summed E-state index contributed by atoms with van der Waals surface area (Å²) in [6, 6.07) is 19.1. The van der Waals surface area contributed by atoms with E-state index < -0.39 is 0 Å². The van der Waals surface area contributed by atoms with Gasteiger partial charge in [-0.1, -0.05) is 42.5 Å². The molecule has 2 amide bonds. The average molecular weight is 376 g/mol. The summed E-state index contributed by atoms with van der Waals surface area (Å²) in [7, 11) is 3.45. The van der Waals surface area contributed by atoms with Gasteiger partial charge in [-0.3, -0.25) is 14.3 Å². The molecular formula is C22H24N4O2. The molecule has 0 aliphatic rings. The first-order chi connectivity index (χ1) is 13.5. The third-order valence-corrected chi connectivity index (χ3v) is 4.38. The Morgan fingerprint density at radius 2 is 1.68 bits per heavy atom. The monoisotopic (exact) mass is 376 g/mol. The Balaban J connectivity index is 1.52. The molecular weight excluding hydrogens is 352 g/mol. The van der Waals surface area contributed by atoms with Gasteiger partial charge in [0, 0.05) is 25.9 Å². The van der Waals surface area contributed by atoms with Gasteiger partial charge in [0.05, 0.1) is 25.2 Å². The molecule has 0 fully saturated rings. The number of hydrogen-bond acceptors (Lipinski definition) is 3. The van der Waals surface area contributed by atoms with Crippen molar-refractivity contribution in [1.82, 2.24) is 20.0 Å². The van der Waals surface area contributed by atoms with Crippen molar-refractivity contribution < 1.29 is 9.59 Å². The summed E-state index contributed by atoms with van der Waals surface area (Å²) < 4.78 is 1.85. The van der Waals surface area contributed by atoms with E-state index in [9.17, 15) is 9.59 Å². The number of carbonyl (C=O) groups is 2. The maximum absolute atomic E-state index is 12.3. The van der Waals surface area contributed by atoms with E-state index in [0.29, 0.717) is 25.1 Å². The molecule has 0 radical (unpaired) electrons. The minimum absolute atomic E-state index is 0.0308. The summed E-state index contributed by atoms with van der Waals surface area (Å²) >= 11 is 0. The van der Waals surface area contributed by atoms with E-state index in [1.807, 2.05) is 47.3 Å². The quantitative estimate of drug-likeness (QED) is 0.689. The molecule has 0 spiro atoms. The number of benzene rings is 2. The van der Waals surface area contributed by atoms with Crippen LogP contribution in [0, 0.1) is 0 Å². The maximum atomic E-state index is 12.3. The van der Waals surface area contributed by atoms with E-state index in [0.717, 1.165) is 11.3 Å². The molecule has 2 aromatic carbocycles. The molecule has 3 aromatic rings. The molecule has 0 bridgehead atoms. The van der Waals surface area contributed by atoms with Gasteiger partial charge in [-0.05, 0) is 29.3 Å². The molecule has 144 valence electrons. The van der Waals surface area contributed by atoms with Crippen LogP contribution in [0.2, 0.25) is 0 Å². The second-order valence-electron chi connectivity index (χ2n) is 6.83. The molecule has 6 nitrogen and oxygen atoms in total. The van der Waals surface area contributed by atoms with Crippen LogP contribution >= 0.6 is 0 Å². The van der Waals surface area contributed by atoms with Gasteiger partial charge >= 0.3 is 0 Å². The number of carbonyl (C=O) groups excluding carboxylic acids is 2. The SMILES string of the molecule is CN(C)C(=O)Cc1ccc(C(=O)NCc2ccn(Cc3ccccc3)n2)cc1. The second kappa shape index (κ2) is 8.99. The van der Waals surface area contributed by atoms with Gasteiger partial charge in [0.2, 0.25) is 5.91 Å². The summed E-state index contributed by atoms with van der Waals surface area (Å²) in [4.78, 5) is 25.6. The Hall–Kier alpha value is -3.41. The molecule has 3 rings (SSSR count). The van der Waals surface area contributed by atoms with Gasteiger partial charge < -0.3 is 10.2 Å². The van der Waals surface area contributed by atoms with Crippen molar-refractivity contribution in [2.45, 2.75) is 19.5 Å². The lowest BCUT2D eigenvalue weighted by molar-refractivity contribution is -0.127. The highest BCUT2D eigenvalue weighted by atomic mass is 16.2. The van der Waals surface area contributed by atoms with Crippen LogP contribution in [-0.4, -0.2) is 40.6 Å². The largest absolute Gasteiger partial charge is 0.349 e. The number of likely N-dealkylation sites (N-methyl/N-ethyl adjacent to an activating group) is 1. The molecule has 0 aliphatic heterocycles. The molecule has 28 heavy (non-hydrogen) atoms. The number of aromatic nitrogens is 2. The Morgan fingerprint density at radius 1 is 0.964 bits per heavy atom. The summed E-state index contributed by atoms with van der Waals surface area (Å²) in [5.41, 5.74) is 3.42. The molecule has 0 saturated heterocycles. The van der Waals surface area contributed by atoms with Crippen molar-refractivity contribution in [3.63, 3.8) is 0 Å². The van der Waals surface area contributed by atoms with Crippen LogP contribution in [0.1, 0.15) is 27.2 Å². The fraction of sp³-hybridized carbons (Fsp3) is 0.227. The van der Waals surface area contributed by atoms with Gasteiger partial charge in [0.15, 0.2) is 0 Å². The van der Waals surface area contributed by atoms with Crippen molar-refractivity contribution in [3.05, 3.63) is 89.2 Å². The van der Waals surface area contributed by atoms with E-state index >= 15 is 0 Å². The van der Waals surface area contributed by atoms with Crippen LogP contribution in [0.4, 0.5) is 0 Å². The van der Waals surface area contributed by atoms with E-state index in [1.54, 1.807) is 31.1 Å². The molecule has 1 N–H and O–H groups in total. The molecule has 0 atom stereocenters. The van der Waals surface area contributed by atoms with Crippen molar-refractivity contribution >= 4 is 11.8 Å². The van der Waals surface area contributed by atoms with Gasteiger partial charge in [0.25, 0.3) is 5.91 Å². The standard InChI is InChI=1S/C22H24N4O2/c1-25(2)21(27)14-17-8-10-19(11-9-17)22(28)23-15-20-12-13-26(24-20)16-18-6-4-3-5-7-18/h3-13H,14-16H2,1-2H3,(H,23,28). The van der Waals surface area contributed by atoms with Crippen LogP contribution in [0.5, 0.6) is 0 Å². The zero-order valence-electron chi connectivity index (χ0n) is 16.1. The predicted octanol–water partition coefficient (Wildman–Crippen LogP) is 2.49. The van der Waals surface area contributed by atoms with Gasteiger partial charge in [0.1, 0.15) is 0 Å². The van der Waals surface area contributed by atoms with Crippen molar-refractivity contribution in [3.8, 4) is 0 Å². The minimum atomic E-state index is -0.164. The lowest BCUT2D eigenvalue weighted by Gasteiger charge is -2.10. The maximum Gasteiger partial charge on any atom is 0.251 e. The lowest BCUT2D eigenvalue weighted by Crippen LogP contribution is -2.24. The first-order valence-electron chi connectivity index (χ1n) is 9.15. The van der Waals surface area contributed by atoms with Crippen LogP contribution in [0.3, 0.4) is 0 Å². The van der Waals surface area contributed by atoms with Gasteiger partial charge in [-0.15, -0.1) is 0 Å². The van der Waals surface area contributed by atoms with Crippen molar-refractivity contribution in [2.24, 2.45) is 0 Å². The van der Waals surface area contributed by atoms with Gasteiger partial charge in [-0.25, -0.2) is 0 Å². The summed E-state index contributed by atoms with van der Waals surface area (Å²) in [6.07, 6.45) is 2.23. The highest BCUT2D eigenvalue weighted by molar-refractivity contribution is 5.94. The highest BCUT2D eigenvalue weighted by Crippen LogP contribution is 2.07. The van der Waals surface area contributed by atoms with Crippen LogP contribution < -0.4 is 5.32 Å². The molecule has 1 aromatic heterocycles. The fourth-order valence-electron chi connectivity index (χ4n) is 2.74. The molecule has 0 aliphatic carbocycles. The Labute approximate surface area is 164 Å². The van der Waals surface area contributed by atoms with Gasteiger partial charge in [-0.2, -0.15) is 5.10 Å². The number of amides is 2. The first-order valence-corrected chi connectivity index (χ1v) is 9.15. The van der Waals surface area contributed by atoms with E-state index in [-0.39, 0.29) is 11.8 Å².